The zero-order valence-corrected chi connectivity index (χ0v) is 8.97. The van der Waals surface area contributed by atoms with Gasteiger partial charge in [0.25, 0.3) is 0 Å². The summed E-state index contributed by atoms with van der Waals surface area (Å²) in [6.07, 6.45) is 4.79. The normalized spacial score (nSPS) is 8.87. The van der Waals surface area contributed by atoms with Gasteiger partial charge in [0.2, 0.25) is 0 Å². The van der Waals surface area contributed by atoms with E-state index in [2.05, 4.69) is 30.3 Å². The molecule has 0 amide bonds. The molecule has 1 aromatic rings. The van der Waals surface area contributed by atoms with Crippen LogP contribution in [0.2, 0.25) is 0 Å². The molecule has 0 radical (unpaired) electrons. The van der Waals surface area contributed by atoms with Crippen LogP contribution in [0, 0.1) is 23.7 Å². The van der Waals surface area contributed by atoms with Crippen LogP contribution in [0.1, 0.15) is 9.75 Å². The van der Waals surface area contributed by atoms with Gasteiger partial charge in [-0.25, -0.2) is 0 Å². The Bertz CT molecular complexity index is 472. The summed E-state index contributed by atoms with van der Waals surface area (Å²) in [5.74, 6) is 11.5. The van der Waals surface area contributed by atoms with Crippen molar-refractivity contribution < 1.29 is 5.11 Å². The molecule has 0 atom stereocenters. The summed E-state index contributed by atoms with van der Waals surface area (Å²) in [6, 6.07) is 3.86. The molecule has 0 aromatic carbocycles. The average molecular weight is 214 g/mol. The van der Waals surface area contributed by atoms with Crippen LogP contribution in [0.25, 0.3) is 0 Å². The van der Waals surface area contributed by atoms with E-state index in [0.717, 1.165) is 9.75 Å². The Morgan fingerprint density at radius 2 is 1.93 bits per heavy atom. The fourth-order valence-electron chi connectivity index (χ4n) is 0.819. The molecule has 0 aliphatic heterocycles. The molecule has 2 heteroatoms. The molecule has 0 fully saturated rings. The Labute approximate surface area is 93.8 Å². The van der Waals surface area contributed by atoms with Gasteiger partial charge in [-0.1, -0.05) is 36.3 Å². The Morgan fingerprint density at radius 1 is 1.27 bits per heavy atom. The number of hydrogen-bond acceptors (Lipinski definition) is 2. The lowest BCUT2D eigenvalue weighted by molar-refractivity contribution is 0.343. The third-order valence-corrected chi connectivity index (χ3v) is 2.32. The van der Waals surface area contributed by atoms with Crippen molar-refractivity contribution in [1.29, 1.82) is 0 Å². The molecule has 0 aliphatic carbocycles. The van der Waals surface area contributed by atoms with Crippen molar-refractivity contribution in [3.05, 3.63) is 46.7 Å². The first-order chi connectivity index (χ1) is 7.36. The highest BCUT2D eigenvalue weighted by Crippen LogP contribution is 2.13. The second-order valence-corrected chi connectivity index (χ2v) is 3.58. The fourth-order valence-corrected chi connectivity index (χ4v) is 1.55. The highest BCUT2D eigenvalue weighted by molar-refractivity contribution is 7.13. The molecule has 0 spiro atoms. The van der Waals surface area contributed by atoms with Crippen LogP contribution in [0.5, 0.6) is 0 Å². The molecule has 1 aromatic heterocycles. The van der Waals surface area contributed by atoms with Crippen molar-refractivity contribution in [3.8, 4) is 23.7 Å². The maximum absolute atomic E-state index is 8.49. The fraction of sp³-hybridized carbons (Fsp3) is 0.0769. The summed E-state index contributed by atoms with van der Waals surface area (Å²) in [4.78, 5) is 1.94. The van der Waals surface area contributed by atoms with Gasteiger partial charge in [-0.05, 0) is 24.3 Å². The van der Waals surface area contributed by atoms with Gasteiger partial charge in [0, 0.05) is 0 Å². The van der Waals surface area contributed by atoms with E-state index in [4.69, 9.17) is 5.11 Å². The molecule has 1 heterocycles. The summed E-state index contributed by atoms with van der Waals surface area (Å²) in [6.45, 7) is 3.55. The number of thiophene rings is 1. The third kappa shape index (κ3) is 4.33. The van der Waals surface area contributed by atoms with Crippen molar-refractivity contribution in [1.82, 2.24) is 0 Å². The molecule has 1 rings (SSSR count). The van der Waals surface area contributed by atoms with Gasteiger partial charge < -0.3 is 5.11 Å². The van der Waals surface area contributed by atoms with Gasteiger partial charge in [0.15, 0.2) is 0 Å². The van der Waals surface area contributed by atoms with E-state index in [9.17, 15) is 0 Å². The lowest BCUT2D eigenvalue weighted by atomic mass is 10.4. The van der Waals surface area contributed by atoms with E-state index in [0.29, 0.717) is 0 Å². The molecule has 15 heavy (non-hydrogen) atoms. The molecule has 0 bridgehead atoms. The minimum atomic E-state index is 0.0230. The van der Waals surface area contributed by atoms with Gasteiger partial charge in [-0.15, -0.1) is 11.3 Å². The van der Waals surface area contributed by atoms with E-state index in [1.165, 1.54) is 11.3 Å². The van der Waals surface area contributed by atoms with E-state index >= 15 is 0 Å². The number of hydrogen-bond donors (Lipinski definition) is 1. The predicted molar refractivity (Wildman–Crippen MR) is 64.5 cm³/mol. The third-order valence-electron chi connectivity index (χ3n) is 1.41. The first-order valence-electron chi connectivity index (χ1n) is 4.36. The quantitative estimate of drug-likeness (QED) is 0.710. The van der Waals surface area contributed by atoms with Crippen molar-refractivity contribution >= 4 is 11.3 Å². The average Bonchev–Trinajstić information content (AvgIpc) is 2.69. The predicted octanol–water partition coefficient (Wildman–Crippen LogP) is 2.19. The van der Waals surface area contributed by atoms with Crippen molar-refractivity contribution in [2.24, 2.45) is 0 Å². The van der Waals surface area contributed by atoms with Crippen LogP contribution in [0.15, 0.2) is 36.9 Å². The first kappa shape index (κ1) is 11.3. The largest absolute Gasteiger partial charge is 0.392 e. The highest BCUT2D eigenvalue weighted by atomic mass is 32.1. The standard InChI is InChI=1S/C13H10OS/c1-2-3-7-12-9-10-13(15-12)8-5-4-6-11-14/h2,4,6,9-10,14H,1,11H2. The second-order valence-electron chi connectivity index (χ2n) is 2.49. The lowest BCUT2D eigenvalue weighted by Crippen LogP contribution is -1.67. The van der Waals surface area contributed by atoms with Gasteiger partial charge in [-0.3, -0.25) is 0 Å². The maximum atomic E-state index is 8.49. The van der Waals surface area contributed by atoms with Gasteiger partial charge in [-0.2, -0.15) is 0 Å². The van der Waals surface area contributed by atoms with Crippen molar-refractivity contribution in [2.75, 3.05) is 6.61 Å². The summed E-state index contributed by atoms with van der Waals surface area (Å²) in [5.41, 5.74) is 0. The summed E-state index contributed by atoms with van der Waals surface area (Å²) < 4.78 is 0. The number of rotatable bonds is 1. The summed E-state index contributed by atoms with van der Waals surface area (Å²) >= 11 is 1.54. The Kier molecular flexibility index (Phi) is 5.04. The summed E-state index contributed by atoms with van der Waals surface area (Å²) in [5, 5.41) is 8.49. The van der Waals surface area contributed by atoms with Crippen molar-refractivity contribution in [3.63, 3.8) is 0 Å². The van der Waals surface area contributed by atoms with Gasteiger partial charge in [0.05, 0.1) is 16.4 Å². The van der Waals surface area contributed by atoms with Crippen LogP contribution in [-0.2, 0) is 0 Å². The van der Waals surface area contributed by atoms with E-state index in [1.807, 2.05) is 12.1 Å². The Hall–Kier alpha value is -1.74. The lowest BCUT2D eigenvalue weighted by Gasteiger charge is -1.76. The second kappa shape index (κ2) is 6.68. The molecule has 74 valence electrons. The van der Waals surface area contributed by atoms with Gasteiger partial charge in [0.1, 0.15) is 0 Å². The smallest absolute Gasteiger partial charge is 0.0785 e. The molecule has 0 aliphatic rings. The first-order valence-corrected chi connectivity index (χ1v) is 5.18. The molecule has 0 saturated heterocycles. The van der Waals surface area contributed by atoms with E-state index < -0.39 is 0 Å². The molecule has 1 nitrogen and oxygen atoms in total. The molecule has 0 unspecified atom stereocenters. The minimum Gasteiger partial charge on any atom is -0.392 e. The maximum Gasteiger partial charge on any atom is 0.0785 e. The van der Waals surface area contributed by atoms with Crippen LogP contribution in [0.3, 0.4) is 0 Å². The van der Waals surface area contributed by atoms with E-state index in [-0.39, 0.29) is 6.61 Å². The minimum absolute atomic E-state index is 0.0230. The van der Waals surface area contributed by atoms with Crippen LogP contribution in [0.4, 0.5) is 0 Å². The molecular weight excluding hydrogens is 204 g/mol. The number of aliphatic hydroxyl groups excluding tert-OH is 1. The number of aliphatic hydroxyl groups is 1. The van der Waals surface area contributed by atoms with Crippen LogP contribution >= 0.6 is 11.3 Å². The zero-order chi connectivity index (χ0) is 10.9. The monoisotopic (exact) mass is 214 g/mol. The molecule has 0 saturated carbocycles. The molecule has 1 N–H and O–H groups in total. The summed E-state index contributed by atoms with van der Waals surface area (Å²) in [7, 11) is 0. The van der Waals surface area contributed by atoms with Gasteiger partial charge >= 0.3 is 0 Å². The van der Waals surface area contributed by atoms with Crippen LogP contribution in [-0.4, -0.2) is 11.7 Å². The molecular formula is C13H10OS. The Morgan fingerprint density at radius 3 is 2.53 bits per heavy atom. The van der Waals surface area contributed by atoms with Crippen molar-refractivity contribution in [2.45, 2.75) is 0 Å². The van der Waals surface area contributed by atoms with E-state index in [1.54, 1.807) is 18.2 Å². The van der Waals surface area contributed by atoms with Crippen LogP contribution < -0.4 is 0 Å². The zero-order valence-electron chi connectivity index (χ0n) is 8.16. The highest BCUT2D eigenvalue weighted by Gasteiger charge is 1.92. The SMILES string of the molecule is C=CC#Cc1ccc(C#CC=CCO)s1. The Balaban J connectivity index is 2.70. The number of allylic oxidation sites excluding steroid dienone is 2. The topological polar surface area (TPSA) is 20.2 Å².